The second-order valence-corrected chi connectivity index (χ2v) is 4.88. The van der Waals surface area contributed by atoms with Crippen LogP contribution in [0.5, 0.6) is 5.75 Å². The summed E-state index contributed by atoms with van der Waals surface area (Å²) in [5.41, 5.74) is -0.0836. The molecule has 4 nitrogen and oxygen atoms in total. The van der Waals surface area contributed by atoms with Crippen molar-refractivity contribution in [1.29, 1.82) is 0 Å². The summed E-state index contributed by atoms with van der Waals surface area (Å²) in [6, 6.07) is 6.87. The highest BCUT2D eigenvalue weighted by molar-refractivity contribution is 5.93. The largest absolute Gasteiger partial charge is 0.506 e. The van der Waals surface area contributed by atoms with Crippen molar-refractivity contribution in [3.05, 3.63) is 30.5 Å². The zero-order valence-corrected chi connectivity index (χ0v) is 10.1. The van der Waals surface area contributed by atoms with Gasteiger partial charge in [0.05, 0.1) is 0 Å². The standard InChI is InChI=1S/C13H15NO3/c1-13(2,3)17-12(16)14-8-7-9-5-4-6-10(15)11(9)14/h4-8,15H,1-3H3. The van der Waals surface area contributed by atoms with Gasteiger partial charge in [0, 0.05) is 11.6 Å². The third-order valence-electron chi connectivity index (χ3n) is 2.28. The van der Waals surface area contributed by atoms with Gasteiger partial charge in [0.1, 0.15) is 16.9 Å². The molecule has 1 aromatic heterocycles. The molecule has 0 bridgehead atoms. The fourth-order valence-corrected chi connectivity index (χ4v) is 1.64. The number of phenolic OH excluding ortho intramolecular Hbond substituents is 1. The predicted octanol–water partition coefficient (Wildman–Crippen LogP) is 3.13. The van der Waals surface area contributed by atoms with Crippen molar-refractivity contribution in [2.24, 2.45) is 0 Å². The summed E-state index contributed by atoms with van der Waals surface area (Å²) in [6.45, 7) is 5.41. The van der Waals surface area contributed by atoms with E-state index in [9.17, 15) is 9.90 Å². The maximum atomic E-state index is 11.9. The molecule has 0 unspecified atom stereocenters. The number of hydrogen-bond donors (Lipinski definition) is 1. The van der Waals surface area contributed by atoms with Gasteiger partial charge in [-0.1, -0.05) is 12.1 Å². The molecule has 0 amide bonds. The van der Waals surface area contributed by atoms with Gasteiger partial charge in [-0.05, 0) is 32.9 Å². The molecule has 0 atom stereocenters. The minimum atomic E-state index is -0.557. The number of aromatic hydroxyl groups is 1. The Morgan fingerprint density at radius 2 is 2.00 bits per heavy atom. The first-order valence-corrected chi connectivity index (χ1v) is 5.41. The number of benzene rings is 1. The number of nitrogens with zero attached hydrogens (tertiary/aromatic N) is 1. The normalized spacial score (nSPS) is 11.7. The molecule has 1 heterocycles. The lowest BCUT2D eigenvalue weighted by atomic mass is 10.2. The van der Waals surface area contributed by atoms with Gasteiger partial charge in [0.2, 0.25) is 0 Å². The maximum absolute atomic E-state index is 11.9. The van der Waals surface area contributed by atoms with Crippen molar-refractivity contribution in [3.63, 3.8) is 0 Å². The van der Waals surface area contributed by atoms with E-state index in [1.54, 1.807) is 45.2 Å². The Balaban J connectivity index is 2.46. The fraction of sp³-hybridized carbons (Fsp3) is 0.308. The van der Waals surface area contributed by atoms with E-state index in [1.807, 2.05) is 6.07 Å². The van der Waals surface area contributed by atoms with Crippen molar-refractivity contribution in [2.75, 3.05) is 0 Å². The maximum Gasteiger partial charge on any atom is 0.419 e. The van der Waals surface area contributed by atoms with E-state index < -0.39 is 11.7 Å². The van der Waals surface area contributed by atoms with E-state index in [0.29, 0.717) is 5.52 Å². The highest BCUT2D eigenvalue weighted by Gasteiger charge is 2.19. The lowest BCUT2D eigenvalue weighted by molar-refractivity contribution is 0.0544. The van der Waals surface area contributed by atoms with E-state index in [2.05, 4.69) is 0 Å². The molecule has 0 saturated carbocycles. The first-order valence-electron chi connectivity index (χ1n) is 5.41. The van der Waals surface area contributed by atoms with Crippen LogP contribution in [-0.2, 0) is 4.74 Å². The number of fused-ring (bicyclic) bond motifs is 1. The van der Waals surface area contributed by atoms with Crippen LogP contribution in [0.25, 0.3) is 10.9 Å². The van der Waals surface area contributed by atoms with Gasteiger partial charge in [0.15, 0.2) is 0 Å². The SMILES string of the molecule is CC(C)(C)OC(=O)n1ccc2cccc(O)c21. The van der Waals surface area contributed by atoms with Crippen LogP contribution in [0.2, 0.25) is 0 Å². The smallest absolute Gasteiger partial charge is 0.419 e. The number of aromatic nitrogens is 1. The van der Waals surface area contributed by atoms with Crippen LogP contribution in [-0.4, -0.2) is 21.4 Å². The fourth-order valence-electron chi connectivity index (χ4n) is 1.64. The third kappa shape index (κ3) is 2.25. The van der Waals surface area contributed by atoms with Gasteiger partial charge in [-0.3, -0.25) is 0 Å². The Morgan fingerprint density at radius 3 is 2.65 bits per heavy atom. The Bertz CT molecular complexity index is 564. The lowest BCUT2D eigenvalue weighted by Crippen LogP contribution is -2.26. The zero-order valence-electron chi connectivity index (χ0n) is 10.1. The first-order chi connectivity index (χ1) is 7.88. The molecule has 1 aromatic carbocycles. The molecule has 1 N–H and O–H groups in total. The van der Waals surface area contributed by atoms with Crippen molar-refractivity contribution >= 4 is 17.0 Å². The molecule has 0 spiro atoms. The van der Waals surface area contributed by atoms with Crippen molar-refractivity contribution < 1.29 is 14.6 Å². The Hall–Kier alpha value is -1.97. The molecule has 2 rings (SSSR count). The monoisotopic (exact) mass is 233 g/mol. The van der Waals surface area contributed by atoms with E-state index in [0.717, 1.165) is 5.39 Å². The second-order valence-electron chi connectivity index (χ2n) is 4.88. The minimum Gasteiger partial charge on any atom is -0.506 e. The summed E-state index contributed by atoms with van der Waals surface area (Å²) in [5.74, 6) is 0.0679. The number of ether oxygens (including phenoxy) is 1. The third-order valence-corrected chi connectivity index (χ3v) is 2.28. The van der Waals surface area contributed by atoms with Crippen LogP contribution in [0, 0.1) is 0 Å². The van der Waals surface area contributed by atoms with Crippen molar-refractivity contribution in [1.82, 2.24) is 4.57 Å². The minimum absolute atomic E-state index is 0.0679. The summed E-state index contributed by atoms with van der Waals surface area (Å²) >= 11 is 0. The molecule has 0 radical (unpaired) electrons. The number of phenols is 1. The van der Waals surface area contributed by atoms with Gasteiger partial charge in [-0.25, -0.2) is 9.36 Å². The van der Waals surface area contributed by atoms with Gasteiger partial charge < -0.3 is 9.84 Å². The topological polar surface area (TPSA) is 51.5 Å². The Morgan fingerprint density at radius 1 is 1.29 bits per heavy atom. The van der Waals surface area contributed by atoms with Crippen molar-refractivity contribution in [3.8, 4) is 5.75 Å². The average molecular weight is 233 g/mol. The number of para-hydroxylation sites is 1. The molecular formula is C13H15NO3. The van der Waals surface area contributed by atoms with Crippen LogP contribution >= 0.6 is 0 Å². The van der Waals surface area contributed by atoms with Crippen LogP contribution in [0.15, 0.2) is 30.5 Å². The van der Waals surface area contributed by atoms with E-state index in [4.69, 9.17) is 4.74 Å². The summed E-state index contributed by atoms with van der Waals surface area (Å²) in [6.07, 6.45) is 1.10. The molecule has 0 aliphatic heterocycles. The van der Waals surface area contributed by atoms with E-state index in [1.165, 1.54) is 4.57 Å². The highest BCUT2D eigenvalue weighted by Crippen LogP contribution is 2.26. The molecule has 0 aliphatic carbocycles. The van der Waals surface area contributed by atoms with E-state index >= 15 is 0 Å². The molecular weight excluding hydrogens is 218 g/mol. The van der Waals surface area contributed by atoms with Crippen molar-refractivity contribution in [2.45, 2.75) is 26.4 Å². The number of carbonyl (C=O) groups excluding carboxylic acids is 1. The highest BCUT2D eigenvalue weighted by atomic mass is 16.6. The number of hydrogen-bond acceptors (Lipinski definition) is 3. The Kier molecular flexibility index (Phi) is 2.58. The molecule has 2 aromatic rings. The van der Waals surface area contributed by atoms with Crippen LogP contribution in [0.3, 0.4) is 0 Å². The quantitative estimate of drug-likeness (QED) is 0.760. The van der Waals surface area contributed by atoms with Gasteiger partial charge >= 0.3 is 6.09 Å². The average Bonchev–Trinajstić information content (AvgIpc) is 2.60. The van der Waals surface area contributed by atoms with Crippen LogP contribution < -0.4 is 0 Å². The first kappa shape index (κ1) is 11.5. The summed E-state index contributed by atoms with van der Waals surface area (Å²) < 4.78 is 6.57. The second kappa shape index (κ2) is 3.80. The molecule has 4 heteroatoms. The zero-order chi connectivity index (χ0) is 12.6. The summed E-state index contributed by atoms with van der Waals surface area (Å²) in [7, 11) is 0. The predicted molar refractivity (Wildman–Crippen MR) is 65.2 cm³/mol. The van der Waals surface area contributed by atoms with Gasteiger partial charge in [-0.2, -0.15) is 0 Å². The molecule has 0 saturated heterocycles. The number of rotatable bonds is 0. The van der Waals surface area contributed by atoms with Gasteiger partial charge in [-0.15, -0.1) is 0 Å². The van der Waals surface area contributed by atoms with Crippen LogP contribution in [0.4, 0.5) is 4.79 Å². The molecule has 90 valence electrons. The molecule has 0 fully saturated rings. The van der Waals surface area contributed by atoms with Crippen LogP contribution in [0.1, 0.15) is 20.8 Å². The Labute approximate surface area is 99.4 Å². The summed E-state index contributed by atoms with van der Waals surface area (Å²) in [5, 5.41) is 10.6. The van der Waals surface area contributed by atoms with Gasteiger partial charge in [0.25, 0.3) is 0 Å². The lowest BCUT2D eigenvalue weighted by Gasteiger charge is -2.19. The molecule has 0 aliphatic rings. The number of carbonyl (C=O) groups is 1. The molecule has 17 heavy (non-hydrogen) atoms. The van der Waals surface area contributed by atoms with E-state index in [-0.39, 0.29) is 5.75 Å². The summed E-state index contributed by atoms with van der Waals surface area (Å²) in [4.78, 5) is 11.9.